The fraction of sp³-hybridized carbons (Fsp3) is 0.727. The number of carbonyl (C=O) groups excluding carboxylic acids is 1. The van der Waals surface area contributed by atoms with Crippen LogP contribution in [0, 0.1) is 5.92 Å². The van der Waals surface area contributed by atoms with Crippen molar-refractivity contribution in [3.63, 3.8) is 0 Å². The molecule has 2 aliphatic rings. The van der Waals surface area contributed by atoms with Gasteiger partial charge in [0.15, 0.2) is 5.96 Å². The first-order valence-electron chi connectivity index (χ1n) is 11.2. The molecule has 8 heteroatoms. The minimum Gasteiger partial charge on any atom is -0.357 e. The van der Waals surface area contributed by atoms with Crippen molar-refractivity contribution in [3.05, 3.63) is 22.4 Å². The second-order valence-corrected chi connectivity index (χ2v) is 9.21. The SMILES string of the molecule is CCNC(=NCC(c1cccs1)N1CCC(C)CC1)NCCCN1CCCC1=O.I. The Kier molecular flexibility index (Phi) is 11.4. The zero-order chi connectivity index (χ0) is 20.5. The van der Waals surface area contributed by atoms with Crippen LogP contribution in [0.3, 0.4) is 0 Å². The molecule has 3 rings (SSSR count). The third kappa shape index (κ3) is 7.67. The molecule has 0 saturated carbocycles. The Morgan fingerprint density at radius 1 is 1.30 bits per heavy atom. The van der Waals surface area contributed by atoms with Crippen LogP contribution >= 0.6 is 35.3 Å². The number of amides is 1. The second kappa shape index (κ2) is 13.5. The molecule has 2 saturated heterocycles. The number of thiophene rings is 1. The summed E-state index contributed by atoms with van der Waals surface area (Å²) in [6, 6.07) is 4.75. The maximum atomic E-state index is 11.7. The monoisotopic (exact) mass is 547 g/mol. The largest absolute Gasteiger partial charge is 0.357 e. The topological polar surface area (TPSA) is 60.0 Å². The molecule has 1 aromatic rings. The Morgan fingerprint density at radius 2 is 2.10 bits per heavy atom. The van der Waals surface area contributed by atoms with Gasteiger partial charge in [0.2, 0.25) is 5.91 Å². The summed E-state index contributed by atoms with van der Waals surface area (Å²) in [6.45, 7) is 11.0. The van der Waals surface area contributed by atoms with E-state index in [4.69, 9.17) is 4.99 Å². The van der Waals surface area contributed by atoms with E-state index in [0.717, 1.165) is 77.0 Å². The zero-order valence-electron chi connectivity index (χ0n) is 18.4. The number of carbonyl (C=O) groups is 1. The average Bonchev–Trinajstić information content (AvgIpc) is 3.39. The van der Waals surface area contributed by atoms with Crippen LogP contribution in [-0.2, 0) is 4.79 Å². The molecule has 2 aliphatic heterocycles. The predicted octanol–water partition coefficient (Wildman–Crippen LogP) is 3.71. The van der Waals surface area contributed by atoms with E-state index in [1.807, 2.05) is 16.2 Å². The highest BCUT2D eigenvalue weighted by molar-refractivity contribution is 14.0. The third-order valence-electron chi connectivity index (χ3n) is 5.97. The first kappa shape index (κ1) is 25.4. The molecule has 1 aromatic heterocycles. The molecule has 0 bridgehead atoms. The first-order valence-corrected chi connectivity index (χ1v) is 12.1. The number of hydrogen-bond donors (Lipinski definition) is 2. The van der Waals surface area contributed by atoms with Gasteiger partial charge in [0.1, 0.15) is 0 Å². The summed E-state index contributed by atoms with van der Waals surface area (Å²) in [5, 5.41) is 9.00. The molecular weight excluding hydrogens is 509 g/mol. The number of likely N-dealkylation sites (tertiary alicyclic amines) is 2. The van der Waals surface area contributed by atoms with E-state index in [1.54, 1.807) is 0 Å². The molecule has 3 heterocycles. The molecular formula is C22H38IN5OS. The van der Waals surface area contributed by atoms with Crippen LogP contribution in [0.5, 0.6) is 0 Å². The lowest BCUT2D eigenvalue weighted by molar-refractivity contribution is -0.127. The summed E-state index contributed by atoms with van der Waals surface area (Å²) >= 11 is 1.84. The second-order valence-electron chi connectivity index (χ2n) is 8.23. The summed E-state index contributed by atoms with van der Waals surface area (Å²) in [6.07, 6.45) is 5.24. The molecule has 2 N–H and O–H groups in total. The van der Waals surface area contributed by atoms with Gasteiger partial charge in [-0.2, -0.15) is 0 Å². The van der Waals surface area contributed by atoms with Gasteiger partial charge in [-0.25, -0.2) is 0 Å². The van der Waals surface area contributed by atoms with Crippen molar-refractivity contribution < 1.29 is 4.79 Å². The molecule has 0 aromatic carbocycles. The Morgan fingerprint density at radius 3 is 2.73 bits per heavy atom. The van der Waals surface area contributed by atoms with E-state index in [9.17, 15) is 4.79 Å². The van der Waals surface area contributed by atoms with Gasteiger partial charge in [-0.15, -0.1) is 35.3 Å². The number of halogens is 1. The van der Waals surface area contributed by atoms with E-state index in [1.165, 1.54) is 17.7 Å². The van der Waals surface area contributed by atoms with E-state index in [0.29, 0.717) is 11.9 Å². The lowest BCUT2D eigenvalue weighted by Crippen LogP contribution is -2.41. The summed E-state index contributed by atoms with van der Waals surface area (Å²) < 4.78 is 0. The van der Waals surface area contributed by atoms with Crippen molar-refractivity contribution in [2.45, 2.75) is 52.0 Å². The van der Waals surface area contributed by atoms with Gasteiger partial charge in [0.25, 0.3) is 0 Å². The molecule has 30 heavy (non-hydrogen) atoms. The third-order valence-corrected chi connectivity index (χ3v) is 6.94. The van der Waals surface area contributed by atoms with Crippen LogP contribution in [0.15, 0.2) is 22.5 Å². The van der Waals surface area contributed by atoms with Crippen LogP contribution < -0.4 is 10.6 Å². The molecule has 2 fully saturated rings. The normalized spacial score (nSPS) is 19.6. The Hall–Kier alpha value is -0.870. The number of nitrogens with one attached hydrogen (secondary N) is 2. The molecule has 0 radical (unpaired) electrons. The van der Waals surface area contributed by atoms with E-state index >= 15 is 0 Å². The highest BCUT2D eigenvalue weighted by Gasteiger charge is 2.25. The minimum absolute atomic E-state index is 0. The smallest absolute Gasteiger partial charge is 0.222 e. The number of hydrogen-bond acceptors (Lipinski definition) is 4. The molecule has 0 spiro atoms. The van der Waals surface area contributed by atoms with E-state index in [-0.39, 0.29) is 24.0 Å². The summed E-state index contributed by atoms with van der Waals surface area (Å²) in [5.41, 5.74) is 0. The molecule has 1 unspecified atom stereocenters. The molecule has 1 amide bonds. The number of nitrogens with zero attached hydrogens (tertiary/aromatic N) is 3. The maximum Gasteiger partial charge on any atom is 0.222 e. The van der Waals surface area contributed by atoms with Gasteiger partial charge < -0.3 is 15.5 Å². The van der Waals surface area contributed by atoms with Crippen LogP contribution in [0.1, 0.15) is 56.9 Å². The summed E-state index contributed by atoms with van der Waals surface area (Å²) in [7, 11) is 0. The Labute approximate surface area is 202 Å². The highest BCUT2D eigenvalue weighted by atomic mass is 127. The zero-order valence-corrected chi connectivity index (χ0v) is 21.6. The number of rotatable bonds is 9. The molecule has 170 valence electrons. The van der Waals surface area contributed by atoms with Crippen molar-refractivity contribution in [1.82, 2.24) is 20.4 Å². The lowest BCUT2D eigenvalue weighted by atomic mass is 9.97. The van der Waals surface area contributed by atoms with Crippen LogP contribution in [0.25, 0.3) is 0 Å². The first-order chi connectivity index (χ1) is 14.2. The Balaban J connectivity index is 0.00000320. The van der Waals surface area contributed by atoms with Crippen molar-refractivity contribution in [2.24, 2.45) is 10.9 Å². The summed E-state index contributed by atoms with van der Waals surface area (Å²) in [5.74, 6) is 2.02. The van der Waals surface area contributed by atoms with Crippen LogP contribution in [0.4, 0.5) is 0 Å². The number of aliphatic imine (C=N–C) groups is 1. The fourth-order valence-corrected chi connectivity index (χ4v) is 5.00. The van der Waals surface area contributed by atoms with Crippen LogP contribution in [-0.4, -0.2) is 67.5 Å². The fourth-order valence-electron chi connectivity index (χ4n) is 4.14. The predicted molar refractivity (Wildman–Crippen MR) is 137 cm³/mol. The molecule has 0 aliphatic carbocycles. The van der Waals surface area contributed by atoms with Crippen molar-refractivity contribution in [3.8, 4) is 0 Å². The van der Waals surface area contributed by atoms with Crippen molar-refractivity contribution >= 4 is 47.2 Å². The number of guanidine groups is 1. The van der Waals surface area contributed by atoms with E-state index < -0.39 is 0 Å². The van der Waals surface area contributed by atoms with Gasteiger partial charge in [-0.1, -0.05) is 13.0 Å². The quantitative estimate of drug-likeness (QED) is 0.214. The van der Waals surface area contributed by atoms with Crippen molar-refractivity contribution in [1.29, 1.82) is 0 Å². The minimum atomic E-state index is 0. The van der Waals surface area contributed by atoms with Gasteiger partial charge in [0, 0.05) is 37.5 Å². The standard InChI is InChI=1S/C22H37N5OS.HI/c1-3-23-22(24-11-6-13-27-12-4-8-21(27)28)25-17-19(20-7-5-16-29-20)26-14-9-18(2)10-15-26;/h5,7,16,18-19H,3-4,6,8-15,17H2,1-2H3,(H2,23,24,25);1H. The number of piperidine rings is 1. The Bertz CT molecular complexity index is 646. The molecule has 1 atom stereocenters. The average molecular weight is 548 g/mol. The van der Waals surface area contributed by atoms with Crippen molar-refractivity contribution in [2.75, 3.05) is 45.8 Å². The van der Waals surface area contributed by atoms with Gasteiger partial charge in [0.05, 0.1) is 12.6 Å². The summed E-state index contributed by atoms with van der Waals surface area (Å²) in [4.78, 5) is 22.7. The van der Waals surface area contributed by atoms with E-state index in [2.05, 4.69) is 46.9 Å². The van der Waals surface area contributed by atoms with Crippen LogP contribution in [0.2, 0.25) is 0 Å². The molecule has 6 nitrogen and oxygen atoms in total. The lowest BCUT2D eigenvalue weighted by Gasteiger charge is -2.35. The van der Waals surface area contributed by atoms with Gasteiger partial charge in [-0.3, -0.25) is 14.7 Å². The van der Waals surface area contributed by atoms with Gasteiger partial charge >= 0.3 is 0 Å². The highest BCUT2D eigenvalue weighted by Crippen LogP contribution is 2.29. The van der Waals surface area contributed by atoms with Gasteiger partial charge in [-0.05, 0) is 63.1 Å². The maximum absolute atomic E-state index is 11.7.